The lowest BCUT2D eigenvalue weighted by molar-refractivity contribution is 0.0496. The van der Waals surface area contributed by atoms with Gasteiger partial charge in [-0.25, -0.2) is 4.79 Å². The first-order chi connectivity index (χ1) is 13.1. The molecule has 0 unspecified atom stereocenters. The van der Waals surface area contributed by atoms with Gasteiger partial charge in [-0.1, -0.05) is 33.1 Å². The van der Waals surface area contributed by atoms with Crippen molar-refractivity contribution in [3.8, 4) is 17.2 Å². The molecule has 0 aliphatic rings. The fraction of sp³-hybridized carbons (Fsp3) is 0.667. The molecule has 0 heterocycles. The zero-order chi connectivity index (χ0) is 20.1. The van der Waals surface area contributed by atoms with Gasteiger partial charge in [-0.15, -0.1) is 0 Å². The number of nitrogens with zero attached hydrogens (tertiary/aromatic N) is 1. The number of ether oxygens (including phenoxy) is 4. The van der Waals surface area contributed by atoms with E-state index >= 15 is 0 Å². The first kappa shape index (κ1) is 23.1. The Morgan fingerprint density at radius 1 is 0.852 bits per heavy atom. The van der Waals surface area contributed by atoms with Crippen LogP contribution in [0.2, 0.25) is 0 Å². The molecule has 1 aromatic carbocycles. The maximum atomic E-state index is 12.3. The van der Waals surface area contributed by atoms with Crippen LogP contribution in [0.15, 0.2) is 12.1 Å². The summed E-state index contributed by atoms with van der Waals surface area (Å²) in [7, 11) is 4.57. The van der Waals surface area contributed by atoms with Gasteiger partial charge in [0.15, 0.2) is 11.5 Å². The Morgan fingerprint density at radius 3 is 1.93 bits per heavy atom. The third-order valence-electron chi connectivity index (χ3n) is 4.65. The van der Waals surface area contributed by atoms with E-state index in [0.29, 0.717) is 29.4 Å². The SMILES string of the molecule is CCN(CC)CCCCCCCOC(=O)c1cc(OC)c(OC)c(OC)c1. The van der Waals surface area contributed by atoms with E-state index in [9.17, 15) is 4.79 Å². The van der Waals surface area contributed by atoms with Gasteiger partial charge in [-0.05, 0) is 44.6 Å². The van der Waals surface area contributed by atoms with Crippen molar-refractivity contribution < 1.29 is 23.7 Å². The Kier molecular flexibility index (Phi) is 11.3. The Balaban J connectivity index is 2.35. The summed E-state index contributed by atoms with van der Waals surface area (Å²) in [6.07, 6.45) is 5.56. The molecule has 1 rings (SSSR count). The molecule has 1 aromatic rings. The summed E-state index contributed by atoms with van der Waals surface area (Å²) in [5.74, 6) is 0.964. The monoisotopic (exact) mass is 381 g/mol. The van der Waals surface area contributed by atoms with Crippen LogP contribution in [-0.4, -0.2) is 58.4 Å². The molecule has 6 nitrogen and oxygen atoms in total. The lowest BCUT2D eigenvalue weighted by Gasteiger charge is -2.17. The van der Waals surface area contributed by atoms with E-state index < -0.39 is 0 Å². The third kappa shape index (κ3) is 7.67. The zero-order valence-corrected chi connectivity index (χ0v) is 17.5. The first-order valence-electron chi connectivity index (χ1n) is 9.80. The molecular formula is C21H35NO5. The normalized spacial score (nSPS) is 10.7. The summed E-state index contributed by atoms with van der Waals surface area (Å²) >= 11 is 0. The molecule has 0 bridgehead atoms. The number of hydrogen-bond donors (Lipinski definition) is 0. The molecule has 0 saturated heterocycles. The van der Waals surface area contributed by atoms with Crippen molar-refractivity contribution in [3.05, 3.63) is 17.7 Å². The summed E-state index contributed by atoms with van der Waals surface area (Å²) in [6, 6.07) is 3.22. The fourth-order valence-electron chi connectivity index (χ4n) is 2.95. The Morgan fingerprint density at radius 2 is 1.41 bits per heavy atom. The number of methoxy groups -OCH3 is 3. The molecule has 154 valence electrons. The maximum Gasteiger partial charge on any atom is 0.338 e. The Labute approximate surface area is 163 Å². The lowest BCUT2D eigenvalue weighted by Crippen LogP contribution is -2.23. The molecule has 0 atom stereocenters. The average Bonchev–Trinajstić information content (AvgIpc) is 2.71. The molecule has 0 aliphatic heterocycles. The number of unbranched alkanes of at least 4 members (excludes halogenated alkanes) is 4. The predicted octanol–water partition coefficient (Wildman–Crippen LogP) is 4.16. The van der Waals surface area contributed by atoms with Gasteiger partial charge in [0.05, 0.1) is 33.5 Å². The van der Waals surface area contributed by atoms with Crippen molar-refractivity contribution in [2.45, 2.75) is 46.0 Å². The molecule has 0 saturated carbocycles. The Bertz CT molecular complexity index is 532. The standard InChI is InChI=1S/C21H35NO5/c1-6-22(7-2)13-11-9-8-10-12-14-27-21(23)17-15-18(24-3)20(26-5)19(16-17)25-4/h15-16H,6-14H2,1-5H3. The highest BCUT2D eigenvalue weighted by molar-refractivity contribution is 5.91. The van der Waals surface area contributed by atoms with Crippen molar-refractivity contribution in [3.63, 3.8) is 0 Å². The first-order valence-corrected chi connectivity index (χ1v) is 9.80. The molecule has 6 heteroatoms. The van der Waals surface area contributed by atoms with E-state index in [-0.39, 0.29) is 5.97 Å². The highest BCUT2D eigenvalue weighted by atomic mass is 16.5. The van der Waals surface area contributed by atoms with Crippen LogP contribution in [0.4, 0.5) is 0 Å². The van der Waals surface area contributed by atoms with Gasteiger partial charge in [-0.2, -0.15) is 0 Å². The maximum absolute atomic E-state index is 12.3. The van der Waals surface area contributed by atoms with Gasteiger partial charge >= 0.3 is 5.97 Å². The molecule has 27 heavy (non-hydrogen) atoms. The number of esters is 1. The van der Waals surface area contributed by atoms with Crippen LogP contribution < -0.4 is 14.2 Å². The van der Waals surface area contributed by atoms with Crippen LogP contribution in [-0.2, 0) is 4.74 Å². The van der Waals surface area contributed by atoms with Gasteiger partial charge in [0.2, 0.25) is 5.75 Å². The Hall–Kier alpha value is -1.95. The van der Waals surface area contributed by atoms with Crippen LogP contribution in [0.25, 0.3) is 0 Å². The second kappa shape index (κ2) is 13.3. The van der Waals surface area contributed by atoms with E-state index in [2.05, 4.69) is 18.7 Å². The summed E-state index contributed by atoms with van der Waals surface area (Å²) in [4.78, 5) is 14.7. The fourth-order valence-corrected chi connectivity index (χ4v) is 2.95. The van der Waals surface area contributed by atoms with E-state index in [1.807, 2.05) is 0 Å². The van der Waals surface area contributed by atoms with Crippen LogP contribution in [0.5, 0.6) is 17.2 Å². The van der Waals surface area contributed by atoms with Gasteiger partial charge in [0.1, 0.15) is 0 Å². The van der Waals surface area contributed by atoms with Crippen LogP contribution in [0.1, 0.15) is 56.3 Å². The minimum atomic E-state index is -0.379. The molecular weight excluding hydrogens is 346 g/mol. The molecule has 0 aliphatic carbocycles. The smallest absolute Gasteiger partial charge is 0.338 e. The van der Waals surface area contributed by atoms with Crippen LogP contribution in [0.3, 0.4) is 0 Å². The van der Waals surface area contributed by atoms with Gasteiger partial charge in [0.25, 0.3) is 0 Å². The molecule has 0 radical (unpaired) electrons. The van der Waals surface area contributed by atoms with E-state index in [4.69, 9.17) is 18.9 Å². The predicted molar refractivity (Wildman–Crippen MR) is 107 cm³/mol. The summed E-state index contributed by atoms with van der Waals surface area (Å²) in [5, 5.41) is 0. The largest absolute Gasteiger partial charge is 0.493 e. The molecule has 0 N–H and O–H groups in total. The van der Waals surface area contributed by atoms with Crippen molar-refractivity contribution in [2.75, 3.05) is 47.6 Å². The highest BCUT2D eigenvalue weighted by Crippen LogP contribution is 2.38. The van der Waals surface area contributed by atoms with Crippen LogP contribution >= 0.6 is 0 Å². The quantitative estimate of drug-likeness (QED) is 0.356. The molecule has 0 fully saturated rings. The third-order valence-corrected chi connectivity index (χ3v) is 4.65. The molecule has 0 amide bonds. The van der Waals surface area contributed by atoms with Crippen molar-refractivity contribution in [1.29, 1.82) is 0 Å². The zero-order valence-electron chi connectivity index (χ0n) is 17.5. The molecule has 0 spiro atoms. The number of benzene rings is 1. The topological polar surface area (TPSA) is 57.2 Å². The van der Waals surface area contributed by atoms with Crippen molar-refractivity contribution in [1.82, 2.24) is 4.90 Å². The highest BCUT2D eigenvalue weighted by Gasteiger charge is 2.17. The minimum absolute atomic E-state index is 0.379. The molecule has 0 aromatic heterocycles. The second-order valence-electron chi connectivity index (χ2n) is 6.34. The summed E-state index contributed by atoms with van der Waals surface area (Å²) in [5.41, 5.74) is 0.392. The van der Waals surface area contributed by atoms with E-state index in [0.717, 1.165) is 25.9 Å². The van der Waals surface area contributed by atoms with Crippen LogP contribution in [0, 0.1) is 0 Å². The van der Waals surface area contributed by atoms with E-state index in [1.165, 1.54) is 47.1 Å². The van der Waals surface area contributed by atoms with Gasteiger partial charge in [0, 0.05) is 0 Å². The van der Waals surface area contributed by atoms with Crippen molar-refractivity contribution >= 4 is 5.97 Å². The summed E-state index contributed by atoms with van der Waals surface area (Å²) in [6.45, 7) is 8.23. The van der Waals surface area contributed by atoms with E-state index in [1.54, 1.807) is 12.1 Å². The number of carbonyl (C=O) groups is 1. The number of rotatable bonds is 14. The second-order valence-corrected chi connectivity index (χ2v) is 6.34. The average molecular weight is 382 g/mol. The number of carbonyl (C=O) groups excluding carboxylic acids is 1. The van der Waals surface area contributed by atoms with Gasteiger partial charge < -0.3 is 23.8 Å². The lowest BCUT2D eigenvalue weighted by atomic mass is 10.1. The summed E-state index contributed by atoms with van der Waals surface area (Å²) < 4.78 is 21.2. The minimum Gasteiger partial charge on any atom is -0.493 e. The van der Waals surface area contributed by atoms with Gasteiger partial charge in [-0.3, -0.25) is 0 Å². The number of hydrogen-bond acceptors (Lipinski definition) is 6. The van der Waals surface area contributed by atoms with Crippen molar-refractivity contribution in [2.24, 2.45) is 0 Å².